The van der Waals surface area contributed by atoms with Gasteiger partial charge in [0.1, 0.15) is 6.10 Å². The Morgan fingerprint density at radius 2 is 1.67 bits per heavy atom. The molecule has 1 aliphatic rings. The summed E-state index contributed by atoms with van der Waals surface area (Å²) in [6.07, 6.45) is -1.49. The van der Waals surface area contributed by atoms with Crippen molar-refractivity contribution in [1.82, 2.24) is 4.90 Å². The van der Waals surface area contributed by atoms with Crippen molar-refractivity contribution in [2.75, 3.05) is 13.1 Å². The minimum absolute atomic E-state index is 0.205. The average molecular weight is 305 g/mol. The summed E-state index contributed by atoms with van der Waals surface area (Å²) in [5, 5.41) is 10.2. The van der Waals surface area contributed by atoms with Crippen LogP contribution >= 0.6 is 0 Å². The minimum Gasteiger partial charge on any atom is -0.350 e. The van der Waals surface area contributed by atoms with E-state index in [0.29, 0.717) is 0 Å². The molecule has 18 heavy (non-hydrogen) atoms. The van der Waals surface area contributed by atoms with Gasteiger partial charge in [-0.15, -0.1) is 3.63 Å². The van der Waals surface area contributed by atoms with Crippen LogP contribution in [0, 0.1) is 0 Å². The van der Waals surface area contributed by atoms with Gasteiger partial charge < -0.3 is 5.11 Å². The number of hydrogen-bond acceptors (Lipinski definition) is 9. The van der Waals surface area contributed by atoms with Gasteiger partial charge in [-0.3, -0.25) is 0 Å². The highest BCUT2D eigenvalue weighted by Crippen LogP contribution is 2.29. The normalized spacial score (nSPS) is 35.3. The van der Waals surface area contributed by atoms with E-state index in [2.05, 4.69) is 12.0 Å². The lowest BCUT2D eigenvalue weighted by Gasteiger charge is -2.37. The molecule has 0 aliphatic carbocycles. The molecule has 1 saturated heterocycles. The molecular formula is C7H15NO8S2. The second-order valence-corrected chi connectivity index (χ2v) is 6.07. The SMILES string of the molecule is CCN(CC)C1(O)OS(=O)(=O)OS(=O)(=O)OC1C. The van der Waals surface area contributed by atoms with Gasteiger partial charge in [0, 0.05) is 13.1 Å². The third kappa shape index (κ3) is 3.17. The van der Waals surface area contributed by atoms with Crippen LogP contribution in [-0.2, 0) is 32.8 Å². The zero-order valence-corrected chi connectivity index (χ0v) is 11.7. The molecule has 108 valence electrons. The summed E-state index contributed by atoms with van der Waals surface area (Å²) < 4.78 is 57.4. The highest BCUT2D eigenvalue weighted by Gasteiger charge is 2.52. The van der Waals surface area contributed by atoms with Crippen LogP contribution in [0.2, 0.25) is 0 Å². The Balaban J connectivity index is 3.28. The molecule has 2 atom stereocenters. The molecule has 0 radical (unpaired) electrons. The zero-order chi connectivity index (χ0) is 14.2. The number of rotatable bonds is 3. The number of nitrogens with zero attached hydrogens (tertiary/aromatic N) is 1. The third-order valence-electron chi connectivity index (χ3n) is 2.40. The molecule has 0 amide bonds. The quantitative estimate of drug-likeness (QED) is 0.649. The molecule has 1 N–H and O–H groups in total. The summed E-state index contributed by atoms with van der Waals surface area (Å²) in [6, 6.07) is 0. The van der Waals surface area contributed by atoms with Gasteiger partial charge in [0.15, 0.2) is 0 Å². The maximum Gasteiger partial charge on any atom is 0.420 e. The summed E-state index contributed by atoms with van der Waals surface area (Å²) in [4.78, 5) is 1.18. The van der Waals surface area contributed by atoms with Crippen LogP contribution in [0.1, 0.15) is 20.8 Å². The molecule has 11 heteroatoms. The lowest BCUT2D eigenvalue weighted by atomic mass is 10.2. The van der Waals surface area contributed by atoms with Crippen molar-refractivity contribution in [3.8, 4) is 0 Å². The van der Waals surface area contributed by atoms with Crippen molar-refractivity contribution in [1.29, 1.82) is 0 Å². The second-order valence-electron chi connectivity index (χ2n) is 3.54. The summed E-state index contributed by atoms with van der Waals surface area (Å²) in [5.41, 5.74) is 0. The summed E-state index contributed by atoms with van der Waals surface area (Å²) in [6.45, 7) is 4.82. The standard InChI is InChI=1S/C7H15NO8S2/c1-4-8(5-2)7(9)6(3)14-17(10,11)16-18(12,13)15-7/h6,9H,4-5H2,1-3H3. The largest absolute Gasteiger partial charge is 0.420 e. The molecule has 1 fully saturated rings. The van der Waals surface area contributed by atoms with Crippen molar-refractivity contribution in [3.63, 3.8) is 0 Å². The number of likely N-dealkylation sites (N-methyl/N-ethyl adjacent to an activating group) is 1. The Hall–Kier alpha value is -0.300. The lowest BCUT2D eigenvalue weighted by molar-refractivity contribution is -0.278. The Labute approximate surface area is 106 Å². The monoisotopic (exact) mass is 305 g/mol. The topological polar surface area (TPSA) is 119 Å². The molecule has 2 unspecified atom stereocenters. The average Bonchev–Trinajstić information content (AvgIpc) is 2.20. The fourth-order valence-electron chi connectivity index (χ4n) is 1.58. The Kier molecular flexibility index (Phi) is 4.37. The second kappa shape index (κ2) is 5.00. The molecule has 0 bridgehead atoms. The van der Waals surface area contributed by atoms with E-state index in [1.807, 2.05) is 0 Å². The van der Waals surface area contributed by atoms with Crippen molar-refractivity contribution >= 4 is 20.8 Å². The van der Waals surface area contributed by atoms with E-state index in [9.17, 15) is 21.9 Å². The molecule has 1 heterocycles. The van der Waals surface area contributed by atoms with Gasteiger partial charge in [-0.05, 0) is 6.92 Å². The summed E-state index contributed by atoms with van der Waals surface area (Å²) in [7, 11) is -9.73. The van der Waals surface area contributed by atoms with Crippen molar-refractivity contribution in [2.45, 2.75) is 32.8 Å². The Morgan fingerprint density at radius 1 is 1.17 bits per heavy atom. The van der Waals surface area contributed by atoms with Crippen molar-refractivity contribution < 1.29 is 33.9 Å². The molecule has 0 aromatic carbocycles. The van der Waals surface area contributed by atoms with E-state index in [1.54, 1.807) is 13.8 Å². The first-order valence-corrected chi connectivity index (χ1v) is 7.80. The van der Waals surface area contributed by atoms with E-state index in [4.69, 9.17) is 0 Å². The molecule has 0 aromatic rings. The maximum absolute atomic E-state index is 11.3. The first-order chi connectivity index (χ1) is 8.06. The van der Waals surface area contributed by atoms with Crippen molar-refractivity contribution in [2.24, 2.45) is 0 Å². The van der Waals surface area contributed by atoms with Crippen LogP contribution in [0.5, 0.6) is 0 Å². The van der Waals surface area contributed by atoms with E-state index < -0.39 is 32.8 Å². The Bertz CT molecular complexity index is 496. The van der Waals surface area contributed by atoms with Crippen LogP contribution in [-0.4, -0.2) is 51.9 Å². The molecule has 9 nitrogen and oxygen atoms in total. The molecule has 0 aromatic heterocycles. The minimum atomic E-state index is -4.94. The maximum atomic E-state index is 11.3. The third-order valence-corrected chi connectivity index (χ3v) is 4.71. The van der Waals surface area contributed by atoms with Gasteiger partial charge in [-0.1, -0.05) is 13.8 Å². The number of aliphatic hydroxyl groups is 1. The van der Waals surface area contributed by atoms with Gasteiger partial charge >= 0.3 is 20.8 Å². The fourth-order valence-corrected chi connectivity index (χ4v) is 3.65. The Morgan fingerprint density at radius 3 is 2.11 bits per heavy atom. The number of hydrogen-bond donors (Lipinski definition) is 1. The lowest BCUT2D eigenvalue weighted by Crippen LogP contribution is -2.58. The molecule has 1 aliphatic heterocycles. The van der Waals surface area contributed by atoms with E-state index >= 15 is 0 Å². The van der Waals surface area contributed by atoms with Crippen LogP contribution in [0.4, 0.5) is 0 Å². The highest BCUT2D eigenvalue weighted by molar-refractivity contribution is 7.95. The predicted molar refractivity (Wildman–Crippen MR) is 58.4 cm³/mol. The van der Waals surface area contributed by atoms with E-state index in [-0.39, 0.29) is 13.1 Å². The van der Waals surface area contributed by atoms with Crippen molar-refractivity contribution in [3.05, 3.63) is 0 Å². The fraction of sp³-hybridized carbons (Fsp3) is 1.00. The first kappa shape index (κ1) is 15.8. The highest BCUT2D eigenvalue weighted by atomic mass is 32.3. The molecule has 1 rings (SSSR count). The van der Waals surface area contributed by atoms with Gasteiger partial charge in [-0.2, -0.15) is 21.0 Å². The summed E-state index contributed by atoms with van der Waals surface area (Å²) >= 11 is 0. The first-order valence-electron chi connectivity index (χ1n) is 5.13. The van der Waals surface area contributed by atoms with E-state index in [0.717, 1.165) is 6.92 Å². The van der Waals surface area contributed by atoms with Gasteiger partial charge in [0.25, 0.3) is 5.91 Å². The summed E-state index contributed by atoms with van der Waals surface area (Å²) in [5.74, 6) is -2.45. The van der Waals surface area contributed by atoms with Gasteiger partial charge in [-0.25, -0.2) is 9.08 Å². The van der Waals surface area contributed by atoms with Crippen LogP contribution in [0.15, 0.2) is 0 Å². The molecule has 0 spiro atoms. The van der Waals surface area contributed by atoms with Crippen LogP contribution < -0.4 is 0 Å². The zero-order valence-electron chi connectivity index (χ0n) is 10.1. The molecule has 0 saturated carbocycles. The molecular weight excluding hydrogens is 290 g/mol. The van der Waals surface area contributed by atoms with Crippen LogP contribution in [0.25, 0.3) is 0 Å². The predicted octanol–water partition coefficient (Wildman–Crippen LogP) is -1.08. The smallest absolute Gasteiger partial charge is 0.350 e. The van der Waals surface area contributed by atoms with Gasteiger partial charge in [0.2, 0.25) is 0 Å². The van der Waals surface area contributed by atoms with E-state index in [1.165, 1.54) is 4.90 Å². The van der Waals surface area contributed by atoms with Crippen LogP contribution in [0.3, 0.4) is 0 Å². The van der Waals surface area contributed by atoms with Gasteiger partial charge in [0.05, 0.1) is 0 Å².